The lowest BCUT2D eigenvalue weighted by molar-refractivity contribution is -0.166. The number of nitrogens with zero attached hydrogens (tertiary/aromatic N) is 1. The normalized spacial score (nSPS) is 20.2. The molecule has 1 amide bonds. The Morgan fingerprint density at radius 2 is 2.00 bits per heavy atom. The summed E-state index contributed by atoms with van der Waals surface area (Å²) in [5.74, 6) is -3.37. The maximum atomic E-state index is 13.8. The van der Waals surface area contributed by atoms with Crippen LogP contribution in [0.25, 0.3) is 0 Å². The molecule has 1 fully saturated rings. The quantitative estimate of drug-likeness (QED) is 0.598. The Bertz CT molecular complexity index is 726. The third-order valence-corrected chi connectivity index (χ3v) is 4.28. The molecule has 3 atom stereocenters. The van der Waals surface area contributed by atoms with Crippen LogP contribution in [0.4, 0.5) is 13.6 Å². The number of carbonyl (C=O) groups excluding carboxylic acids is 2. The van der Waals surface area contributed by atoms with E-state index >= 15 is 0 Å². The lowest BCUT2D eigenvalue weighted by Crippen LogP contribution is -2.42. The molecule has 9 heteroatoms. The molecule has 0 aliphatic carbocycles. The summed E-state index contributed by atoms with van der Waals surface area (Å²) in [4.78, 5) is 36.0. The van der Waals surface area contributed by atoms with Gasteiger partial charge in [-0.2, -0.15) is 0 Å². The summed E-state index contributed by atoms with van der Waals surface area (Å²) in [6.07, 6.45) is -1.86. The van der Waals surface area contributed by atoms with E-state index in [4.69, 9.17) is 9.47 Å². The van der Waals surface area contributed by atoms with Gasteiger partial charge in [-0.25, -0.2) is 18.4 Å². The van der Waals surface area contributed by atoms with Gasteiger partial charge in [-0.05, 0) is 42.5 Å². The summed E-state index contributed by atoms with van der Waals surface area (Å²) >= 11 is 0. The number of hydrogen-bond acceptors (Lipinski definition) is 5. The fourth-order valence-electron chi connectivity index (χ4n) is 3.02. The van der Waals surface area contributed by atoms with Crippen LogP contribution in [0.15, 0.2) is 18.2 Å². The molecule has 0 aromatic heterocycles. The van der Waals surface area contributed by atoms with Gasteiger partial charge in [0.2, 0.25) is 6.29 Å². The maximum Gasteiger partial charge on any atom is 0.413 e. The minimum atomic E-state index is -1.23. The second kappa shape index (κ2) is 8.79. The molecule has 1 N–H and O–H groups in total. The van der Waals surface area contributed by atoms with Gasteiger partial charge in [-0.3, -0.25) is 9.69 Å². The number of halogens is 2. The Balaban J connectivity index is 2.05. The summed E-state index contributed by atoms with van der Waals surface area (Å²) in [5, 5.41) is 9.36. The molecular formula is C18H21F2NO6. The van der Waals surface area contributed by atoms with E-state index < -0.39 is 42.0 Å². The van der Waals surface area contributed by atoms with E-state index in [2.05, 4.69) is 0 Å². The van der Waals surface area contributed by atoms with Gasteiger partial charge in [0.25, 0.3) is 0 Å². The summed E-state index contributed by atoms with van der Waals surface area (Å²) in [7, 11) is 0. The highest BCUT2D eigenvalue weighted by Crippen LogP contribution is 2.28. The van der Waals surface area contributed by atoms with Crippen LogP contribution >= 0.6 is 0 Å². The predicted molar refractivity (Wildman–Crippen MR) is 88.6 cm³/mol. The summed E-state index contributed by atoms with van der Waals surface area (Å²) in [6.45, 7) is 2.92. The van der Waals surface area contributed by atoms with Gasteiger partial charge in [-0.15, -0.1) is 0 Å². The highest BCUT2D eigenvalue weighted by atomic mass is 19.1. The molecule has 0 unspecified atom stereocenters. The Morgan fingerprint density at radius 3 is 2.63 bits per heavy atom. The SMILES string of the molecule is CCC(=O)O[C@@H](C)OC(=O)N1C[C@@H](Cc2cc(F)ccc2F)C[C@H]1C(=O)O. The van der Waals surface area contributed by atoms with Gasteiger partial charge in [0.1, 0.15) is 17.7 Å². The predicted octanol–water partition coefficient (Wildman–Crippen LogP) is 2.72. The molecule has 0 radical (unpaired) electrons. The van der Waals surface area contributed by atoms with Gasteiger partial charge >= 0.3 is 18.0 Å². The van der Waals surface area contributed by atoms with Gasteiger partial charge in [-0.1, -0.05) is 6.92 Å². The van der Waals surface area contributed by atoms with E-state index in [0.717, 1.165) is 23.1 Å². The highest BCUT2D eigenvalue weighted by Gasteiger charge is 2.41. The van der Waals surface area contributed by atoms with Crippen LogP contribution in [0.2, 0.25) is 0 Å². The van der Waals surface area contributed by atoms with Crippen LogP contribution in [0, 0.1) is 17.6 Å². The molecular weight excluding hydrogens is 364 g/mol. The number of ether oxygens (including phenoxy) is 2. The molecule has 1 aliphatic heterocycles. The van der Waals surface area contributed by atoms with Crippen molar-refractivity contribution < 1.29 is 37.7 Å². The van der Waals surface area contributed by atoms with Crippen molar-refractivity contribution in [3.63, 3.8) is 0 Å². The van der Waals surface area contributed by atoms with E-state index in [0.29, 0.717) is 0 Å². The van der Waals surface area contributed by atoms with Crippen molar-refractivity contribution in [2.75, 3.05) is 6.54 Å². The molecule has 27 heavy (non-hydrogen) atoms. The van der Waals surface area contributed by atoms with Gasteiger partial charge in [0.05, 0.1) is 0 Å². The van der Waals surface area contributed by atoms with Crippen LogP contribution < -0.4 is 0 Å². The largest absolute Gasteiger partial charge is 0.480 e. The average Bonchev–Trinajstić information content (AvgIpc) is 3.02. The highest BCUT2D eigenvalue weighted by molar-refractivity contribution is 5.81. The molecule has 1 heterocycles. The number of amides is 1. The van der Waals surface area contributed by atoms with E-state index in [1.807, 2.05) is 0 Å². The molecule has 1 saturated heterocycles. The van der Waals surface area contributed by atoms with Gasteiger partial charge < -0.3 is 14.6 Å². The first-order valence-electron chi connectivity index (χ1n) is 8.54. The maximum absolute atomic E-state index is 13.8. The fraction of sp³-hybridized carbons (Fsp3) is 0.500. The number of carbonyl (C=O) groups is 3. The number of carboxylic acid groups (broad SMARTS) is 1. The molecule has 1 aliphatic rings. The van der Waals surface area contributed by atoms with Crippen molar-refractivity contribution >= 4 is 18.0 Å². The fourth-order valence-corrected chi connectivity index (χ4v) is 3.02. The number of rotatable bonds is 6. The van der Waals surface area contributed by atoms with Gasteiger partial charge in [0, 0.05) is 19.9 Å². The van der Waals surface area contributed by atoms with Crippen molar-refractivity contribution in [1.82, 2.24) is 4.90 Å². The van der Waals surface area contributed by atoms with Crippen LogP contribution in [0.1, 0.15) is 32.3 Å². The van der Waals surface area contributed by atoms with E-state index in [1.165, 1.54) is 6.92 Å². The van der Waals surface area contributed by atoms with Crippen molar-refractivity contribution in [3.05, 3.63) is 35.4 Å². The third-order valence-electron chi connectivity index (χ3n) is 4.28. The Hall–Kier alpha value is -2.71. The molecule has 148 valence electrons. The van der Waals surface area contributed by atoms with Crippen molar-refractivity contribution in [1.29, 1.82) is 0 Å². The lowest BCUT2D eigenvalue weighted by Gasteiger charge is -2.23. The number of benzene rings is 1. The molecule has 1 aromatic carbocycles. The number of carboxylic acids is 1. The minimum Gasteiger partial charge on any atom is -0.480 e. The summed E-state index contributed by atoms with van der Waals surface area (Å²) in [6, 6.07) is 1.90. The van der Waals surface area contributed by atoms with Crippen molar-refractivity contribution in [2.24, 2.45) is 5.92 Å². The Kier molecular flexibility index (Phi) is 6.70. The lowest BCUT2D eigenvalue weighted by atomic mass is 9.96. The second-order valence-electron chi connectivity index (χ2n) is 6.34. The standard InChI is InChI=1S/C18H21F2NO6/c1-3-16(22)26-10(2)27-18(25)21-9-11(7-15(21)17(23)24)6-12-8-13(19)4-5-14(12)20/h4-5,8,10-11,15H,3,6-7,9H2,1-2H3,(H,23,24)/t10-,11+,15+/m1/s1. The van der Waals surface area contributed by atoms with Crippen LogP contribution in [0.3, 0.4) is 0 Å². The molecule has 2 rings (SSSR count). The Labute approximate surface area is 154 Å². The summed E-state index contributed by atoms with van der Waals surface area (Å²) < 4.78 is 37.0. The smallest absolute Gasteiger partial charge is 0.413 e. The van der Waals surface area contributed by atoms with E-state index in [-0.39, 0.29) is 37.3 Å². The van der Waals surface area contributed by atoms with E-state index in [1.54, 1.807) is 6.92 Å². The number of hydrogen-bond donors (Lipinski definition) is 1. The zero-order valence-corrected chi connectivity index (χ0v) is 15.0. The average molecular weight is 385 g/mol. The third kappa shape index (κ3) is 5.38. The number of likely N-dealkylation sites (tertiary alicyclic amines) is 1. The second-order valence-corrected chi connectivity index (χ2v) is 6.34. The van der Waals surface area contributed by atoms with Crippen LogP contribution in [-0.2, 0) is 25.5 Å². The number of aliphatic carboxylic acids is 1. The van der Waals surface area contributed by atoms with Crippen molar-refractivity contribution in [2.45, 2.75) is 45.4 Å². The molecule has 7 nitrogen and oxygen atoms in total. The zero-order chi connectivity index (χ0) is 20.1. The van der Waals surface area contributed by atoms with E-state index in [9.17, 15) is 28.3 Å². The molecule has 0 spiro atoms. The molecule has 0 saturated carbocycles. The first-order valence-corrected chi connectivity index (χ1v) is 8.54. The van der Waals surface area contributed by atoms with Gasteiger partial charge in [0.15, 0.2) is 0 Å². The first-order chi connectivity index (χ1) is 12.7. The molecule has 0 bridgehead atoms. The zero-order valence-electron chi connectivity index (χ0n) is 15.0. The van der Waals surface area contributed by atoms with Crippen LogP contribution in [-0.4, -0.2) is 46.9 Å². The van der Waals surface area contributed by atoms with Crippen LogP contribution in [0.5, 0.6) is 0 Å². The minimum absolute atomic E-state index is 0.000196. The monoisotopic (exact) mass is 385 g/mol. The topological polar surface area (TPSA) is 93.1 Å². The summed E-state index contributed by atoms with van der Waals surface area (Å²) in [5.41, 5.74) is 0.115. The molecule has 1 aromatic rings. The van der Waals surface area contributed by atoms with Crippen molar-refractivity contribution in [3.8, 4) is 0 Å². The number of esters is 1. The first kappa shape index (κ1) is 20.6. The Morgan fingerprint density at radius 1 is 1.30 bits per heavy atom.